The van der Waals surface area contributed by atoms with Gasteiger partial charge in [0.05, 0.1) is 19.9 Å². The minimum atomic E-state index is -0.168. The quantitative estimate of drug-likeness (QED) is 0.828. The van der Waals surface area contributed by atoms with E-state index in [4.69, 9.17) is 9.47 Å². The Morgan fingerprint density at radius 1 is 1.08 bits per heavy atom. The molecule has 2 aromatic rings. The van der Waals surface area contributed by atoms with Crippen molar-refractivity contribution < 1.29 is 19.1 Å². The number of hydrogen-bond donors (Lipinski definition) is 1. The van der Waals surface area contributed by atoms with Gasteiger partial charge in [0.15, 0.2) is 0 Å². The highest BCUT2D eigenvalue weighted by Crippen LogP contribution is 2.32. The Morgan fingerprint density at radius 3 is 2.46 bits per heavy atom. The first-order chi connectivity index (χ1) is 12.5. The Morgan fingerprint density at radius 2 is 1.85 bits per heavy atom. The van der Waals surface area contributed by atoms with E-state index in [0.717, 1.165) is 5.56 Å². The summed E-state index contributed by atoms with van der Waals surface area (Å²) in [6.45, 7) is 4.06. The SMILES string of the molecule is COc1ccc(N(CCNC(=O)c2cccc(C)c2)C(C)=O)c(OC)c1. The normalized spacial score (nSPS) is 10.2. The van der Waals surface area contributed by atoms with Gasteiger partial charge in [-0.15, -0.1) is 0 Å². The molecular weight excluding hydrogens is 332 g/mol. The van der Waals surface area contributed by atoms with Crippen molar-refractivity contribution in [2.45, 2.75) is 13.8 Å². The third kappa shape index (κ3) is 4.75. The number of hydrogen-bond acceptors (Lipinski definition) is 4. The van der Waals surface area contributed by atoms with Crippen LogP contribution in [0.5, 0.6) is 11.5 Å². The first kappa shape index (κ1) is 19.3. The highest BCUT2D eigenvalue weighted by atomic mass is 16.5. The molecule has 0 aliphatic heterocycles. The number of anilines is 1. The van der Waals surface area contributed by atoms with Crippen molar-refractivity contribution in [1.82, 2.24) is 5.32 Å². The minimum absolute atomic E-state index is 0.140. The summed E-state index contributed by atoms with van der Waals surface area (Å²) < 4.78 is 10.6. The molecular formula is C20H24N2O4. The molecule has 6 heteroatoms. The largest absolute Gasteiger partial charge is 0.497 e. The maximum absolute atomic E-state index is 12.2. The molecule has 0 unspecified atom stereocenters. The van der Waals surface area contributed by atoms with Crippen LogP contribution in [0.1, 0.15) is 22.8 Å². The number of rotatable bonds is 7. The van der Waals surface area contributed by atoms with E-state index in [9.17, 15) is 9.59 Å². The summed E-state index contributed by atoms with van der Waals surface area (Å²) >= 11 is 0. The Bertz CT molecular complexity index is 789. The molecule has 0 aliphatic carbocycles. The maximum atomic E-state index is 12.2. The molecule has 6 nitrogen and oxygen atoms in total. The standard InChI is InChI=1S/C20H24N2O4/c1-14-6-5-7-16(12-14)20(24)21-10-11-22(15(2)23)18-9-8-17(25-3)13-19(18)26-4/h5-9,12-13H,10-11H2,1-4H3,(H,21,24). The predicted molar refractivity (Wildman–Crippen MR) is 101 cm³/mol. The molecule has 1 N–H and O–H groups in total. The molecule has 0 aromatic heterocycles. The van der Waals surface area contributed by atoms with Crippen LogP contribution in [0.15, 0.2) is 42.5 Å². The Hall–Kier alpha value is -3.02. The van der Waals surface area contributed by atoms with E-state index in [1.54, 1.807) is 36.3 Å². The van der Waals surface area contributed by atoms with Gasteiger partial charge in [-0.3, -0.25) is 9.59 Å². The third-order valence-electron chi connectivity index (χ3n) is 3.96. The summed E-state index contributed by atoms with van der Waals surface area (Å²) in [4.78, 5) is 25.9. The maximum Gasteiger partial charge on any atom is 0.251 e. The van der Waals surface area contributed by atoms with Gasteiger partial charge >= 0.3 is 0 Å². The molecule has 2 aromatic carbocycles. The average Bonchev–Trinajstić information content (AvgIpc) is 2.64. The van der Waals surface area contributed by atoms with E-state index < -0.39 is 0 Å². The second kappa shape index (κ2) is 8.89. The third-order valence-corrected chi connectivity index (χ3v) is 3.96. The smallest absolute Gasteiger partial charge is 0.251 e. The van der Waals surface area contributed by atoms with Gasteiger partial charge in [0.2, 0.25) is 5.91 Å². The summed E-state index contributed by atoms with van der Waals surface area (Å²) in [6, 6.07) is 12.6. The van der Waals surface area contributed by atoms with E-state index in [2.05, 4.69) is 5.32 Å². The molecule has 2 rings (SSSR count). The topological polar surface area (TPSA) is 67.9 Å². The second-order valence-corrected chi connectivity index (χ2v) is 5.83. The first-order valence-corrected chi connectivity index (χ1v) is 8.31. The van der Waals surface area contributed by atoms with Crippen molar-refractivity contribution in [2.24, 2.45) is 0 Å². The van der Waals surface area contributed by atoms with E-state index >= 15 is 0 Å². The van der Waals surface area contributed by atoms with E-state index in [1.165, 1.54) is 14.0 Å². The molecule has 26 heavy (non-hydrogen) atoms. The number of aryl methyl sites for hydroxylation is 1. The van der Waals surface area contributed by atoms with Gasteiger partial charge in [-0.1, -0.05) is 17.7 Å². The lowest BCUT2D eigenvalue weighted by Gasteiger charge is -2.23. The number of carbonyl (C=O) groups excluding carboxylic acids is 2. The molecule has 0 spiro atoms. The lowest BCUT2D eigenvalue weighted by molar-refractivity contribution is -0.116. The number of carbonyl (C=O) groups is 2. The average molecular weight is 356 g/mol. The number of nitrogens with zero attached hydrogens (tertiary/aromatic N) is 1. The van der Waals surface area contributed by atoms with Crippen LogP contribution in [-0.4, -0.2) is 39.1 Å². The van der Waals surface area contributed by atoms with Crippen LogP contribution in [0.2, 0.25) is 0 Å². The van der Waals surface area contributed by atoms with Crippen LogP contribution in [0.3, 0.4) is 0 Å². The number of amides is 2. The molecule has 138 valence electrons. The Balaban J connectivity index is 2.07. The molecule has 0 bridgehead atoms. The molecule has 0 atom stereocenters. The van der Waals surface area contributed by atoms with Gasteiger partial charge in [0.25, 0.3) is 5.91 Å². The highest BCUT2D eigenvalue weighted by molar-refractivity contribution is 5.95. The van der Waals surface area contributed by atoms with Crippen molar-refractivity contribution in [3.05, 3.63) is 53.6 Å². The van der Waals surface area contributed by atoms with Gasteiger partial charge in [0.1, 0.15) is 11.5 Å². The minimum Gasteiger partial charge on any atom is -0.497 e. The van der Waals surface area contributed by atoms with Crippen molar-refractivity contribution in [1.29, 1.82) is 0 Å². The zero-order valence-corrected chi connectivity index (χ0v) is 15.5. The van der Waals surface area contributed by atoms with Crippen molar-refractivity contribution in [3.8, 4) is 11.5 Å². The fraction of sp³-hybridized carbons (Fsp3) is 0.300. The van der Waals surface area contributed by atoms with Crippen LogP contribution in [0, 0.1) is 6.92 Å². The number of ether oxygens (including phenoxy) is 2. The van der Waals surface area contributed by atoms with Gasteiger partial charge in [-0.25, -0.2) is 0 Å². The van der Waals surface area contributed by atoms with Crippen molar-refractivity contribution in [2.75, 3.05) is 32.2 Å². The summed E-state index contributed by atoms with van der Waals surface area (Å²) in [5, 5.41) is 2.84. The fourth-order valence-corrected chi connectivity index (χ4v) is 2.63. The van der Waals surface area contributed by atoms with Crippen LogP contribution < -0.4 is 19.7 Å². The van der Waals surface area contributed by atoms with Gasteiger partial charge < -0.3 is 19.7 Å². The zero-order valence-electron chi connectivity index (χ0n) is 15.5. The second-order valence-electron chi connectivity index (χ2n) is 5.83. The molecule has 0 saturated carbocycles. The molecule has 0 saturated heterocycles. The monoisotopic (exact) mass is 356 g/mol. The van der Waals surface area contributed by atoms with Crippen molar-refractivity contribution >= 4 is 17.5 Å². The number of nitrogens with one attached hydrogen (secondary N) is 1. The van der Waals surface area contributed by atoms with Crippen LogP contribution in [0.25, 0.3) is 0 Å². The van der Waals surface area contributed by atoms with Crippen LogP contribution in [-0.2, 0) is 4.79 Å². The summed E-state index contributed by atoms with van der Waals surface area (Å²) in [5.41, 5.74) is 2.25. The van der Waals surface area contributed by atoms with E-state index in [-0.39, 0.29) is 11.8 Å². The highest BCUT2D eigenvalue weighted by Gasteiger charge is 2.17. The number of methoxy groups -OCH3 is 2. The summed E-state index contributed by atoms with van der Waals surface area (Å²) in [6.07, 6.45) is 0. The number of benzene rings is 2. The first-order valence-electron chi connectivity index (χ1n) is 8.31. The molecule has 0 aliphatic rings. The molecule has 0 fully saturated rings. The lowest BCUT2D eigenvalue weighted by atomic mass is 10.1. The van der Waals surface area contributed by atoms with Crippen LogP contribution in [0.4, 0.5) is 5.69 Å². The molecule has 0 heterocycles. The Labute approximate surface area is 153 Å². The lowest BCUT2D eigenvalue weighted by Crippen LogP contribution is -2.37. The Kier molecular flexibility index (Phi) is 6.60. The van der Waals surface area contributed by atoms with Crippen LogP contribution >= 0.6 is 0 Å². The van der Waals surface area contributed by atoms with Gasteiger partial charge in [0, 0.05) is 31.6 Å². The molecule has 2 amide bonds. The van der Waals surface area contributed by atoms with Gasteiger partial charge in [-0.05, 0) is 31.2 Å². The van der Waals surface area contributed by atoms with E-state index in [1.807, 2.05) is 25.1 Å². The summed E-state index contributed by atoms with van der Waals surface area (Å²) in [7, 11) is 3.11. The molecule has 0 radical (unpaired) electrons. The van der Waals surface area contributed by atoms with E-state index in [0.29, 0.717) is 35.8 Å². The van der Waals surface area contributed by atoms with Crippen molar-refractivity contribution in [3.63, 3.8) is 0 Å². The summed E-state index contributed by atoms with van der Waals surface area (Å²) in [5.74, 6) is 0.864. The van der Waals surface area contributed by atoms with Gasteiger partial charge in [-0.2, -0.15) is 0 Å². The predicted octanol–water partition coefficient (Wildman–Crippen LogP) is 2.80. The zero-order chi connectivity index (χ0) is 19.1. The fourth-order valence-electron chi connectivity index (χ4n) is 2.63.